The second kappa shape index (κ2) is 7.02. The summed E-state index contributed by atoms with van der Waals surface area (Å²) in [7, 11) is -0.627. The second-order valence-electron chi connectivity index (χ2n) is 5.75. The Morgan fingerprint density at radius 2 is 1.88 bits per heavy atom. The minimum atomic E-state index is -3.52. The van der Waals surface area contributed by atoms with Crippen LogP contribution in [0.25, 0.3) is 0 Å². The predicted molar refractivity (Wildman–Crippen MR) is 93.5 cm³/mol. The first-order valence-corrected chi connectivity index (χ1v) is 9.54. The highest BCUT2D eigenvalue weighted by Crippen LogP contribution is 2.24. The van der Waals surface area contributed by atoms with Gasteiger partial charge in [-0.05, 0) is 42.6 Å². The summed E-state index contributed by atoms with van der Waals surface area (Å²) in [6, 6.07) is 9.32. The maximum atomic E-state index is 12.2. The second-order valence-corrected chi connectivity index (χ2v) is 8.85. The molecule has 1 unspecified atom stereocenters. The van der Waals surface area contributed by atoms with E-state index in [0.29, 0.717) is 5.56 Å². The topological polar surface area (TPSA) is 86.7 Å². The lowest BCUT2D eigenvalue weighted by Crippen LogP contribution is -2.38. The number of nitrogens with zero attached hydrogens (tertiary/aromatic N) is 1. The van der Waals surface area contributed by atoms with Crippen LogP contribution in [0.3, 0.4) is 0 Å². The number of benzene rings is 1. The van der Waals surface area contributed by atoms with Gasteiger partial charge >= 0.3 is 0 Å². The number of thiophene rings is 1. The average molecular weight is 368 g/mol. The number of rotatable bonds is 6. The Kier molecular flexibility index (Phi) is 5.44. The molecule has 1 aromatic heterocycles. The van der Waals surface area contributed by atoms with Crippen LogP contribution < -0.4 is 5.32 Å². The zero-order valence-corrected chi connectivity index (χ0v) is 15.3. The van der Waals surface area contributed by atoms with Gasteiger partial charge in [-0.3, -0.25) is 4.79 Å². The van der Waals surface area contributed by atoms with Crippen LogP contribution in [0.2, 0.25) is 0 Å². The van der Waals surface area contributed by atoms with E-state index < -0.39 is 15.6 Å². The lowest BCUT2D eigenvalue weighted by atomic mass is 10.1. The summed E-state index contributed by atoms with van der Waals surface area (Å²) in [6.07, 6.45) is 0. The molecule has 0 aliphatic heterocycles. The van der Waals surface area contributed by atoms with Gasteiger partial charge in [-0.2, -0.15) is 0 Å². The molecule has 8 heteroatoms. The Balaban J connectivity index is 2.06. The van der Waals surface area contributed by atoms with E-state index >= 15 is 0 Å². The quantitative estimate of drug-likeness (QED) is 0.811. The van der Waals surface area contributed by atoms with Gasteiger partial charge < -0.3 is 10.4 Å². The van der Waals surface area contributed by atoms with Gasteiger partial charge in [0, 0.05) is 24.5 Å². The Labute approximate surface area is 145 Å². The largest absolute Gasteiger partial charge is 0.383 e. The van der Waals surface area contributed by atoms with Crippen LogP contribution in [-0.2, 0) is 15.6 Å². The molecule has 0 saturated carbocycles. The van der Waals surface area contributed by atoms with Crippen LogP contribution in [0.1, 0.15) is 22.2 Å². The van der Waals surface area contributed by atoms with E-state index in [0.717, 1.165) is 9.18 Å². The van der Waals surface area contributed by atoms with Crippen molar-refractivity contribution in [2.75, 3.05) is 20.6 Å². The zero-order valence-electron chi connectivity index (χ0n) is 13.7. The van der Waals surface area contributed by atoms with Crippen molar-refractivity contribution in [1.29, 1.82) is 0 Å². The average Bonchev–Trinajstić information content (AvgIpc) is 3.08. The summed E-state index contributed by atoms with van der Waals surface area (Å²) in [5.74, 6) is -0.374. The van der Waals surface area contributed by atoms with Crippen LogP contribution in [0.4, 0.5) is 0 Å². The molecule has 0 radical (unpaired) electrons. The summed E-state index contributed by atoms with van der Waals surface area (Å²) in [6.45, 7) is 1.69. The van der Waals surface area contributed by atoms with Crippen molar-refractivity contribution in [3.8, 4) is 0 Å². The number of aliphatic hydroxyl groups is 1. The zero-order chi connectivity index (χ0) is 18.0. The molecule has 2 N–H and O–H groups in total. The molecule has 1 aromatic carbocycles. The van der Waals surface area contributed by atoms with E-state index in [1.165, 1.54) is 49.7 Å². The van der Waals surface area contributed by atoms with Crippen LogP contribution in [0, 0.1) is 0 Å². The van der Waals surface area contributed by atoms with Crippen molar-refractivity contribution in [3.05, 3.63) is 52.2 Å². The van der Waals surface area contributed by atoms with Gasteiger partial charge in [0.1, 0.15) is 5.60 Å². The summed E-state index contributed by atoms with van der Waals surface area (Å²) in [5.41, 5.74) is -0.826. The summed E-state index contributed by atoms with van der Waals surface area (Å²) >= 11 is 1.41. The Morgan fingerprint density at radius 3 is 2.38 bits per heavy atom. The Hall–Kier alpha value is -1.74. The first-order valence-electron chi connectivity index (χ1n) is 7.22. The molecule has 0 aliphatic carbocycles. The van der Waals surface area contributed by atoms with Crippen molar-refractivity contribution in [3.63, 3.8) is 0 Å². The highest BCUT2D eigenvalue weighted by atomic mass is 32.2. The van der Waals surface area contributed by atoms with Crippen molar-refractivity contribution >= 4 is 27.3 Å². The number of carbonyl (C=O) groups excluding carboxylic acids is 1. The molecule has 0 bridgehead atoms. The molecule has 1 atom stereocenters. The third-order valence-electron chi connectivity index (χ3n) is 3.54. The minimum Gasteiger partial charge on any atom is -0.383 e. The molecular weight excluding hydrogens is 348 g/mol. The lowest BCUT2D eigenvalue weighted by molar-refractivity contribution is 0.0557. The molecule has 0 saturated heterocycles. The maximum Gasteiger partial charge on any atom is 0.251 e. The number of hydrogen-bond donors (Lipinski definition) is 2. The van der Waals surface area contributed by atoms with Crippen molar-refractivity contribution in [2.24, 2.45) is 0 Å². The molecule has 1 amide bonds. The smallest absolute Gasteiger partial charge is 0.251 e. The fourth-order valence-electron chi connectivity index (χ4n) is 2.02. The van der Waals surface area contributed by atoms with Gasteiger partial charge in [0.05, 0.1) is 11.4 Å². The molecule has 0 aliphatic rings. The molecule has 2 rings (SSSR count). The minimum absolute atomic E-state index is 0.0596. The fourth-order valence-corrected chi connectivity index (χ4v) is 3.70. The highest BCUT2D eigenvalue weighted by molar-refractivity contribution is 7.89. The van der Waals surface area contributed by atoms with Gasteiger partial charge in [-0.25, -0.2) is 12.7 Å². The van der Waals surface area contributed by atoms with Crippen molar-refractivity contribution in [2.45, 2.75) is 17.4 Å². The van der Waals surface area contributed by atoms with Crippen LogP contribution >= 0.6 is 11.3 Å². The first-order chi connectivity index (χ1) is 11.1. The number of sulfonamides is 1. The third-order valence-corrected chi connectivity index (χ3v) is 6.49. The molecule has 0 fully saturated rings. The Morgan fingerprint density at radius 1 is 1.25 bits per heavy atom. The van der Waals surface area contributed by atoms with Gasteiger partial charge in [-0.15, -0.1) is 11.3 Å². The van der Waals surface area contributed by atoms with Gasteiger partial charge in [0.2, 0.25) is 10.0 Å². The maximum absolute atomic E-state index is 12.2. The lowest BCUT2D eigenvalue weighted by Gasteiger charge is -2.22. The molecule has 2 aromatic rings. The van der Waals surface area contributed by atoms with E-state index in [1.807, 2.05) is 11.4 Å². The molecular formula is C16H20N2O4S2. The van der Waals surface area contributed by atoms with Crippen LogP contribution in [-0.4, -0.2) is 44.4 Å². The number of amides is 1. The SMILES string of the molecule is CN(C)S(=O)(=O)c1ccc(C(=O)NCC(C)(O)c2cccs2)cc1. The summed E-state index contributed by atoms with van der Waals surface area (Å²) < 4.78 is 25.1. The van der Waals surface area contributed by atoms with Gasteiger partial charge in [0.25, 0.3) is 5.91 Å². The summed E-state index contributed by atoms with van der Waals surface area (Å²) in [5, 5.41) is 14.9. The molecule has 1 heterocycles. The van der Waals surface area contributed by atoms with Gasteiger partial charge in [-0.1, -0.05) is 6.07 Å². The molecule has 0 spiro atoms. The van der Waals surface area contributed by atoms with Crippen molar-refractivity contribution < 1.29 is 18.3 Å². The summed E-state index contributed by atoms with van der Waals surface area (Å²) in [4.78, 5) is 13.1. The van der Waals surface area contributed by atoms with E-state index in [1.54, 1.807) is 13.0 Å². The molecule has 130 valence electrons. The molecule has 24 heavy (non-hydrogen) atoms. The fraction of sp³-hybridized carbons (Fsp3) is 0.312. The number of hydrogen-bond acceptors (Lipinski definition) is 5. The van der Waals surface area contributed by atoms with Crippen molar-refractivity contribution in [1.82, 2.24) is 9.62 Å². The monoisotopic (exact) mass is 368 g/mol. The normalized spacial score (nSPS) is 14.4. The van der Waals surface area contributed by atoms with Crippen LogP contribution in [0.5, 0.6) is 0 Å². The van der Waals surface area contributed by atoms with Gasteiger partial charge in [0.15, 0.2) is 0 Å². The van der Waals surface area contributed by atoms with E-state index in [2.05, 4.69) is 5.32 Å². The first kappa shape index (κ1) is 18.6. The predicted octanol–water partition coefficient (Wildman–Crippen LogP) is 1.64. The third kappa shape index (κ3) is 4.02. The highest BCUT2D eigenvalue weighted by Gasteiger charge is 2.25. The van der Waals surface area contributed by atoms with E-state index in [4.69, 9.17) is 0 Å². The van der Waals surface area contributed by atoms with Crippen LogP contribution in [0.15, 0.2) is 46.7 Å². The van der Waals surface area contributed by atoms with E-state index in [9.17, 15) is 18.3 Å². The Bertz CT molecular complexity index is 795. The van der Waals surface area contributed by atoms with E-state index in [-0.39, 0.29) is 17.3 Å². The standard InChI is InChI=1S/C16H20N2O4S2/c1-16(20,14-5-4-10-23-14)11-17-15(19)12-6-8-13(9-7-12)24(21,22)18(2)3/h4-10,20H,11H2,1-3H3,(H,17,19). The molecule has 6 nitrogen and oxygen atoms in total. The number of nitrogens with one attached hydrogen (secondary N) is 1. The number of carbonyl (C=O) groups is 1.